The van der Waals surface area contributed by atoms with E-state index < -0.39 is 0 Å². The molecule has 0 atom stereocenters. The summed E-state index contributed by atoms with van der Waals surface area (Å²) in [6.07, 6.45) is 0.380. The van der Waals surface area contributed by atoms with Crippen LogP contribution in [0, 0.1) is 6.92 Å². The maximum Gasteiger partial charge on any atom is 0.223 e. The largest absolute Gasteiger partial charge is 0.496 e. The molecule has 0 radical (unpaired) electrons. The van der Waals surface area contributed by atoms with E-state index in [2.05, 4.69) is 0 Å². The summed E-state index contributed by atoms with van der Waals surface area (Å²) in [5.74, 6) is 0.860. The smallest absolute Gasteiger partial charge is 0.223 e. The fourth-order valence-corrected chi connectivity index (χ4v) is 1.69. The van der Waals surface area contributed by atoms with Crippen LogP contribution in [0.5, 0.6) is 5.75 Å². The number of hydrogen-bond donors (Lipinski definition) is 1. The lowest BCUT2D eigenvalue weighted by molar-refractivity contribution is -0.130. The highest BCUT2D eigenvalue weighted by Gasteiger charge is 2.11. The Morgan fingerprint density at radius 1 is 1.47 bits per heavy atom. The highest BCUT2D eigenvalue weighted by molar-refractivity contribution is 5.76. The van der Waals surface area contributed by atoms with Crippen LogP contribution >= 0.6 is 0 Å². The lowest BCUT2D eigenvalue weighted by Gasteiger charge is -2.19. The average molecular weight is 236 g/mol. The molecule has 0 aliphatic carbocycles. The van der Waals surface area contributed by atoms with Crippen molar-refractivity contribution in [1.29, 1.82) is 0 Å². The molecular formula is C13H20N2O2. The zero-order valence-electron chi connectivity index (χ0n) is 10.7. The lowest BCUT2D eigenvalue weighted by atomic mass is 10.1. The van der Waals surface area contributed by atoms with E-state index in [0.29, 0.717) is 19.5 Å². The number of nitrogens with zero attached hydrogens (tertiary/aromatic N) is 1. The zero-order chi connectivity index (χ0) is 12.8. The standard InChI is InChI=1S/C13H20N2O2/c1-10-4-5-12(17-3)11(8-10)9-15(2)13(16)6-7-14/h4-5,8H,6-7,9,14H2,1-3H3. The molecule has 2 N–H and O–H groups in total. The van der Waals surface area contributed by atoms with Crippen molar-refractivity contribution < 1.29 is 9.53 Å². The second-order valence-electron chi connectivity index (χ2n) is 4.10. The molecule has 0 spiro atoms. The summed E-state index contributed by atoms with van der Waals surface area (Å²) in [5, 5.41) is 0. The Hall–Kier alpha value is -1.55. The van der Waals surface area contributed by atoms with Gasteiger partial charge in [-0.15, -0.1) is 0 Å². The van der Waals surface area contributed by atoms with Crippen molar-refractivity contribution in [2.24, 2.45) is 5.73 Å². The van der Waals surface area contributed by atoms with Crippen LogP contribution in [0.3, 0.4) is 0 Å². The number of carbonyl (C=O) groups is 1. The highest BCUT2D eigenvalue weighted by Crippen LogP contribution is 2.21. The molecule has 4 nitrogen and oxygen atoms in total. The quantitative estimate of drug-likeness (QED) is 0.838. The number of ether oxygens (including phenoxy) is 1. The minimum atomic E-state index is 0.0519. The third-order valence-electron chi connectivity index (χ3n) is 2.63. The van der Waals surface area contributed by atoms with E-state index in [1.54, 1.807) is 19.1 Å². The van der Waals surface area contributed by atoms with Gasteiger partial charge in [0.25, 0.3) is 0 Å². The fourth-order valence-electron chi connectivity index (χ4n) is 1.69. The fraction of sp³-hybridized carbons (Fsp3) is 0.462. The molecule has 0 heterocycles. The van der Waals surface area contributed by atoms with E-state index in [4.69, 9.17) is 10.5 Å². The van der Waals surface area contributed by atoms with Gasteiger partial charge < -0.3 is 15.4 Å². The van der Waals surface area contributed by atoms with Crippen LogP contribution < -0.4 is 10.5 Å². The summed E-state index contributed by atoms with van der Waals surface area (Å²) in [7, 11) is 3.41. The highest BCUT2D eigenvalue weighted by atomic mass is 16.5. The first-order valence-corrected chi connectivity index (χ1v) is 5.66. The van der Waals surface area contributed by atoms with Gasteiger partial charge in [0, 0.05) is 32.1 Å². The van der Waals surface area contributed by atoms with Gasteiger partial charge in [0.2, 0.25) is 5.91 Å². The second-order valence-corrected chi connectivity index (χ2v) is 4.10. The third-order valence-corrected chi connectivity index (χ3v) is 2.63. The van der Waals surface area contributed by atoms with Crippen LogP contribution in [0.15, 0.2) is 18.2 Å². The predicted octanol–water partition coefficient (Wildman–Crippen LogP) is 1.31. The molecule has 0 saturated carbocycles. The van der Waals surface area contributed by atoms with Gasteiger partial charge in [0.05, 0.1) is 7.11 Å². The number of benzene rings is 1. The van der Waals surface area contributed by atoms with Gasteiger partial charge in [-0.3, -0.25) is 4.79 Å². The van der Waals surface area contributed by atoms with E-state index in [-0.39, 0.29) is 5.91 Å². The number of aryl methyl sites for hydroxylation is 1. The Balaban J connectivity index is 2.79. The summed E-state index contributed by atoms with van der Waals surface area (Å²) >= 11 is 0. The monoisotopic (exact) mass is 236 g/mol. The van der Waals surface area contributed by atoms with Crippen molar-refractivity contribution in [3.05, 3.63) is 29.3 Å². The van der Waals surface area contributed by atoms with Crippen molar-refractivity contribution in [3.63, 3.8) is 0 Å². The summed E-state index contributed by atoms with van der Waals surface area (Å²) in [6, 6.07) is 5.95. The Labute approximate surface area is 102 Å². The van der Waals surface area contributed by atoms with Crippen molar-refractivity contribution in [2.75, 3.05) is 20.7 Å². The van der Waals surface area contributed by atoms with Crippen molar-refractivity contribution in [3.8, 4) is 5.75 Å². The molecule has 94 valence electrons. The molecule has 0 aliphatic heterocycles. The number of rotatable bonds is 5. The Morgan fingerprint density at radius 2 is 2.18 bits per heavy atom. The molecular weight excluding hydrogens is 216 g/mol. The van der Waals surface area contributed by atoms with E-state index in [1.807, 2.05) is 25.1 Å². The van der Waals surface area contributed by atoms with Crippen molar-refractivity contribution >= 4 is 5.91 Å². The summed E-state index contributed by atoms with van der Waals surface area (Å²) < 4.78 is 5.28. The van der Waals surface area contributed by atoms with Crippen LogP contribution in [0.4, 0.5) is 0 Å². The normalized spacial score (nSPS) is 10.1. The molecule has 0 aliphatic rings. The average Bonchev–Trinajstić information content (AvgIpc) is 2.29. The molecule has 0 fully saturated rings. The molecule has 0 unspecified atom stereocenters. The maximum absolute atomic E-state index is 11.6. The minimum absolute atomic E-state index is 0.0519. The second kappa shape index (κ2) is 6.25. The molecule has 1 aromatic carbocycles. The molecule has 1 rings (SSSR count). The molecule has 0 aromatic heterocycles. The molecule has 1 aromatic rings. The van der Waals surface area contributed by atoms with Gasteiger partial charge in [0.1, 0.15) is 5.75 Å². The van der Waals surface area contributed by atoms with Gasteiger partial charge >= 0.3 is 0 Å². The summed E-state index contributed by atoms with van der Waals surface area (Å²) in [5.41, 5.74) is 7.54. The van der Waals surface area contributed by atoms with E-state index in [9.17, 15) is 4.79 Å². The van der Waals surface area contributed by atoms with E-state index in [1.165, 1.54) is 0 Å². The number of hydrogen-bond acceptors (Lipinski definition) is 3. The van der Waals surface area contributed by atoms with Gasteiger partial charge in [-0.05, 0) is 13.0 Å². The number of nitrogens with two attached hydrogens (primary N) is 1. The summed E-state index contributed by atoms with van der Waals surface area (Å²) in [6.45, 7) is 2.95. The number of methoxy groups -OCH3 is 1. The number of carbonyl (C=O) groups excluding carboxylic acids is 1. The van der Waals surface area contributed by atoms with Crippen molar-refractivity contribution in [2.45, 2.75) is 19.9 Å². The molecule has 4 heteroatoms. The first kappa shape index (κ1) is 13.5. The Bertz CT molecular complexity index is 391. The van der Waals surface area contributed by atoms with Crippen LogP contribution in [0.2, 0.25) is 0 Å². The number of amides is 1. The zero-order valence-corrected chi connectivity index (χ0v) is 10.7. The maximum atomic E-state index is 11.6. The minimum Gasteiger partial charge on any atom is -0.496 e. The lowest BCUT2D eigenvalue weighted by Crippen LogP contribution is -2.28. The topological polar surface area (TPSA) is 55.6 Å². The third kappa shape index (κ3) is 3.75. The molecule has 0 bridgehead atoms. The van der Waals surface area contributed by atoms with E-state index >= 15 is 0 Å². The van der Waals surface area contributed by atoms with Crippen LogP contribution in [0.1, 0.15) is 17.5 Å². The molecule has 17 heavy (non-hydrogen) atoms. The van der Waals surface area contributed by atoms with Gasteiger partial charge in [-0.1, -0.05) is 17.7 Å². The van der Waals surface area contributed by atoms with Gasteiger partial charge in [-0.2, -0.15) is 0 Å². The van der Waals surface area contributed by atoms with Gasteiger partial charge in [-0.25, -0.2) is 0 Å². The Kier molecular flexibility index (Phi) is 4.97. The van der Waals surface area contributed by atoms with Gasteiger partial charge in [0.15, 0.2) is 0 Å². The summed E-state index contributed by atoms with van der Waals surface area (Å²) in [4.78, 5) is 13.3. The first-order valence-electron chi connectivity index (χ1n) is 5.66. The van der Waals surface area contributed by atoms with Crippen molar-refractivity contribution in [1.82, 2.24) is 4.90 Å². The van der Waals surface area contributed by atoms with Crippen LogP contribution in [-0.2, 0) is 11.3 Å². The molecule has 1 amide bonds. The van der Waals surface area contributed by atoms with Crippen LogP contribution in [0.25, 0.3) is 0 Å². The van der Waals surface area contributed by atoms with Crippen LogP contribution in [-0.4, -0.2) is 31.5 Å². The molecule has 0 saturated heterocycles. The van der Waals surface area contributed by atoms with E-state index in [0.717, 1.165) is 16.9 Å². The SMILES string of the molecule is COc1ccc(C)cc1CN(C)C(=O)CCN. The first-order chi connectivity index (χ1) is 8.08. The Morgan fingerprint density at radius 3 is 2.76 bits per heavy atom. The predicted molar refractivity (Wildman–Crippen MR) is 67.9 cm³/mol.